The summed E-state index contributed by atoms with van der Waals surface area (Å²) in [6, 6.07) is 6.33. The molecule has 0 radical (unpaired) electrons. The molecule has 0 N–H and O–H groups in total. The predicted octanol–water partition coefficient (Wildman–Crippen LogP) is 3.62. The maximum Gasteiger partial charge on any atom is 0.134 e. The molecule has 1 saturated carbocycles. The van der Waals surface area contributed by atoms with Crippen LogP contribution in [0.3, 0.4) is 0 Å². The minimum atomic E-state index is 0.560. The van der Waals surface area contributed by atoms with Crippen LogP contribution in [0.4, 0.5) is 0 Å². The second-order valence-electron chi connectivity index (χ2n) is 3.60. The van der Waals surface area contributed by atoms with Crippen molar-refractivity contribution in [2.24, 2.45) is 0 Å². The Bertz CT molecular complexity index is 515. The summed E-state index contributed by atoms with van der Waals surface area (Å²) in [5.74, 6) is 0.560. The van der Waals surface area contributed by atoms with Gasteiger partial charge in [-0.05, 0) is 24.3 Å². The summed E-state index contributed by atoms with van der Waals surface area (Å²) in [4.78, 5) is 6.57. The fraction of sp³-hybridized carbons (Fsp3) is 0.273. The van der Waals surface area contributed by atoms with Crippen molar-refractivity contribution in [1.29, 1.82) is 5.26 Å². The van der Waals surface area contributed by atoms with Gasteiger partial charge >= 0.3 is 0 Å². The van der Waals surface area contributed by atoms with Crippen LogP contribution in [0.25, 0.3) is 9.88 Å². The molecule has 0 bridgehead atoms. The number of nitrogens with zero attached hydrogens (tertiary/aromatic N) is 2. The first-order chi connectivity index (χ1) is 7.38. The zero-order valence-electron chi connectivity index (χ0n) is 7.93. The fourth-order valence-electron chi connectivity index (χ4n) is 1.55. The quantitative estimate of drug-likeness (QED) is 0.793. The smallest absolute Gasteiger partial charge is 0.134 e. The molecule has 2 heterocycles. The Morgan fingerprint density at radius 1 is 1.47 bits per heavy atom. The van der Waals surface area contributed by atoms with Crippen molar-refractivity contribution < 1.29 is 0 Å². The van der Waals surface area contributed by atoms with Gasteiger partial charge < -0.3 is 0 Å². The molecule has 4 heteroatoms. The molecule has 2 aromatic rings. The first-order valence-electron chi connectivity index (χ1n) is 4.83. The highest BCUT2D eigenvalue weighted by Gasteiger charge is 2.30. The van der Waals surface area contributed by atoms with Crippen LogP contribution < -0.4 is 0 Å². The van der Waals surface area contributed by atoms with E-state index in [1.807, 2.05) is 11.4 Å². The third kappa shape index (κ3) is 1.58. The molecule has 0 unspecified atom stereocenters. The zero-order valence-corrected chi connectivity index (χ0v) is 9.57. The van der Waals surface area contributed by atoms with Gasteiger partial charge in [-0.25, -0.2) is 4.98 Å². The van der Waals surface area contributed by atoms with E-state index in [-0.39, 0.29) is 0 Å². The second-order valence-corrected chi connectivity index (χ2v) is 5.54. The van der Waals surface area contributed by atoms with E-state index in [4.69, 9.17) is 5.26 Å². The molecule has 0 atom stereocenters. The highest BCUT2D eigenvalue weighted by molar-refractivity contribution is 7.21. The van der Waals surface area contributed by atoms with Crippen molar-refractivity contribution in [3.05, 3.63) is 28.1 Å². The summed E-state index contributed by atoms with van der Waals surface area (Å²) >= 11 is 3.20. The summed E-state index contributed by atoms with van der Waals surface area (Å²) < 4.78 is 0. The van der Waals surface area contributed by atoms with Gasteiger partial charge in [-0.3, -0.25) is 0 Å². The lowest BCUT2D eigenvalue weighted by molar-refractivity contribution is 1.05. The van der Waals surface area contributed by atoms with Gasteiger partial charge in [-0.15, -0.1) is 22.7 Å². The number of thiazole rings is 1. The van der Waals surface area contributed by atoms with E-state index in [1.54, 1.807) is 11.3 Å². The van der Waals surface area contributed by atoms with E-state index < -0.39 is 0 Å². The van der Waals surface area contributed by atoms with E-state index >= 15 is 0 Å². The lowest BCUT2D eigenvalue weighted by atomic mass is 10.3. The lowest BCUT2D eigenvalue weighted by Crippen LogP contribution is -1.82. The summed E-state index contributed by atoms with van der Waals surface area (Å²) in [5.41, 5.74) is 1.03. The van der Waals surface area contributed by atoms with E-state index in [1.165, 1.54) is 29.1 Å². The van der Waals surface area contributed by atoms with E-state index in [0.717, 1.165) is 15.6 Å². The molecule has 0 saturated heterocycles. The van der Waals surface area contributed by atoms with Gasteiger partial charge in [0.2, 0.25) is 0 Å². The molecule has 1 fully saturated rings. The lowest BCUT2D eigenvalue weighted by Gasteiger charge is -1.88. The van der Waals surface area contributed by atoms with Crippen molar-refractivity contribution in [3.63, 3.8) is 0 Å². The molecule has 0 aliphatic heterocycles. The van der Waals surface area contributed by atoms with Crippen LogP contribution in [0.1, 0.15) is 29.3 Å². The van der Waals surface area contributed by atoms with E-state index in [0.29, 0.717) is 5.92 Å². The molecule has 0 amide bonds. The average Bonchev–Trinajstić information content (AvgIpc) is 2.83. The number of hydrogen-bond donors (Lipinski definition) is 0. The minimum Gasteiger partial charge on any atom is -0.238 e. The number of rotatable bonds is 2. The molecule has 1 aliphatic rings. The molecule has 3 rings (SSSR count). The molecule has 15 heavy (non-hydrogen) atoms. The first kappa shape index (κ1) is 9.08. The topological polar surface area (TPSA) is 36.7 Å². The third-order valence-electron chi connectivity index (χ3n) is 2.45. The fourth-order valence-corrected chi connectivity index (χ4v) is 3.30. The van der Waals surface area contributed by atoms with E-state index in [9.17, 15) is 0 Å². The van der Waals surface area contributed by atoms with Crippen LogP contribution in [-0.4, -0.2) is 4.98 Å². The third-order valence-corrected chi connectivity index (χ3v) is 4.47. The summed E-state index contributed by atoms with van der Waals surface area (Å²) in [6.07, 6.45) is 2.39. The zero-order chi connectivity index (χ0) is 10.3. The van der Waals surface area contributed by atoms with Crippen molar-refractivity contribution in [2.75, 3.05) is 0 Å². The summed E-state index contributed by atoms with van der Waals surface area (Å²) in [6.45, 7) is 0. The van der Waals surface area contributed by atoms with Crippen LogP contribution in [0, 0.1) is 11.3 Å². The molecule has 0 aromatic carbocycles. The maximum atomic E-state index is 9.03. The van der Waals surface area contributed by atoms with Gasteiger partial charge in [0.05, 0.1) is 10.6 Å². The number of hydrogen-bond acceptors (Lipinski definition) is 4. The largest absolute Gasteiger partial charge is 0.238 e. The van der Waals surface area contributed by atoms with Crippen molar-refractivity contribution in [3.8, 4) is 16.0 Å². The van der Waals surface area contributed by atoms with Crippen molar-refractivity contribution >= 4 is 22.7 Å². The first-order valence-corrected chi connectivity index (χ1v) is 6.53. The number of nitriles is 1. The standard InChI is InChI=1S/C11H8N2S2/c12-6-9-10(7-3-4-7)13-11(15-9)8-2-1-5-14-8/h1-2,5,7H,3-4H2. The van der Waals surface area contributed by atoms with Gasteiger partial charge in [-0.2, -0.15) is 5.26 Å². The van der Waals surface area contributed by atoms with Crippen molar-refractivity contribution in [1.82, 2.24) is 4.98 Å². The maximum absolute atomic E-state index is 9.03. The Labute approximate surface area is 95.8 Å². The Hall–Kier alpha value is -1.18. The second kappa shape index (κ2) is 3.44. The van der Waals surface area contributed by atoms with Crippen LogP contribution in [0.2, 0.25) is 0 Å². The molecular weight excluding hydrogens is 224 g/mol. The molecule has 1 aliphatic carbocycles. The summed E-state index contributed by atoms with van der Waals surface area (Å²) in [7, 11) is 0. The molecule has 74 valence electrons. The van der Waals surface area contributed by atoms with Crippen LogP contribution in [0.5, 0.6) is 0 Å². The SMILES string of the molecule is N#Cc1sc(-c2cccs2)nc1C1CC1. The van der Waals surface area contributed by atoms with Crippen LogP contribution in [0.15, 0.2) is 17.5 Å². The van der Waals surface area contributed by atoms with Gasteiger partial charge in [0.15, 0.2) is 0 Å². The van der Waals surface area contributed by atoms with E-state index in [2.05, 4.69) is 17.1 Å². The van der Waals surface area contributed by atoms with Gasteiger partial charge in [0, 0.05) is 5.92 Å². The van der Waals surface area contributed by atoms with Crippen LogP contribution >= 0.6 is 22.7 Å². The van der Waals surface area contributed by atoms with Gasteiger partial charge in [-0.1, -0.05) is 6.07 Å². The monoisotopic (exact) mass is 232 g/mol. The van der Waals surface area contributed by atoms with Crippen LogP contribution in [-0.2, 0) is 0 Å². The highest BCUT2D eigenvalue weighted by Crippen LogP contribution is 2.44. The number of aromatic nitrogens is 1. The average molecular weight is 232 g/mol. The molecule has 0 spiro atoms. The van der Waals surface area contributed by atoms with Gasteiger partial charge in [0.25, 0.3) is 0 Å². The molecule has 2 nitrogen and oxygen atoms in total. The molecule has 2 aromatic heterocycles. The predicted molar refractivity (Wildman–Crippen MR) is 62.1 cm³/mol. The van der Waals surface area contributed by atoms with Crippen molar-refractivity contribution in [2.45, 2.75) is 18.8 Å². The normalized spacial score (nSPS) is 15.1. The summed E-state index contributed by atoms with van der Waals surface area (Å²) in [5, 5.41) is 12.1. The Morgan fingerprint density at radius 3 is 2.93 bits per heavy atom. The number of thiophene rings is 1. The Kier molecular flexibility index (Phi) is 2.08. The Morgan fingerprint density at radius 2 is 2.33 bits per heavy atom. The van der Waals surface area contributed by atoms with Gasteiger partial charge in [0.1, 0.15) is 16.0 Å². The highest BCUT2D eigenvalue weighted by atomic mass is 32.1. The minimum absolute atomic E-state index is 0.560. The Balaban J connectivity index is 2.07. The molecular formula is C11H8N2S2.